The van der Waals surface area contributed by atoms with Crippen molar-refractivity contribution >= 4 is 17.5 Å². The van der Waals surface area contributed by atoms with E-state index in [1.165, 1.54) is 7.05 Å². The van der Waals surface area contributed by atoms with Gasteiger partial charge < -0.3 is 10.4 Å². The largest absolute Gasteiger partial charge is 0.387 e. The van der Waals surface area contributed by atoms with Crippen LogP contribution in [0.15, 0.2) is 29.1 Å². The maximum atomic E-state index is 12.3. The molecule has 1 heterocycles. The summed E-state index contributed by atoms with van der Waals surface area (Å²) in [5, 5.41) is 17.3. The molecule has 6 nitrogen and oxygen atoms in total. The van der Waals surface area contributed by atoms with Crippen molar-refractivity contribution in [1.29, 1.82) is 0 Å². The molecule has 2 rings (SSSR count). The Morgan fingerprint density at radius 1 is 1.35 bits per heavy atom. The van der Waals surface area contributed by atoms with E-state index in [0.717, 1.165) is 4.68 Å². The highest BCUT2D eigenvalue weighted by Gasteiger charge is 2.19. The summed E-state index contributed by atoms with van der Waals surface area (Å²) in [5.74, 6) is -0.526. The van der Waals surface area contributed by atoms with Crippen molar-refractivity contribution in [3.05, 3.63) is 62.0 Å². The lowest BCUT2D eigenvalue weighted by atomic mass is 10.1. The van der Waals surface area contributed by atoms with Crippen molar-refractivity contribution in [3.8, 4) is 0 Å². The van der Waals surface area contributed by atoms with Crippen molar-refractivity contribution in [3.63, 3.8) is 0 Å². The number of nitrogens with zero attached hydrogens (tertiary/aromatic N) is 2. The summed E-state index contributed by atoms with van der Waals surface area (Å²) in [6.07, 6.45) is -0.886. The van der Waals surface area contributed by atoms with Crippen LogP contribution in [0.5, 0.6) is 0 Å². The Bertz CT molecular complexity index is 784. The summed E-state index contributed by atoms with van der Waals surface area (Å²) >= 11 is 5.79. The summed E-state index contributed by atoms with van der Waals surface area (Å²) in [6, 6.07) is 6.68. The van der Waals surface area contributed by atoms with E-state index >= 15 is 0 Å². The highest BCUT2D eigenvalue weighted by molar-refractivity contribution is 6.30. The van der Waals surface area contributed by atoms with Gasteiger partial charge in [0.1, 0.15) is 5.56 Å². The first-order valence-corrected chi connectivity index (χ1v) is 7.45. The van der Waals surface area contributed by atoms with Crippen LogP contribution in [0.2, 0.25) is 5.02 Å². The Balaban J connectivity index is 2.14. The number of aliphatic hydroxyl groups excluding tert-OH is 1. The van der Waals surface area contributed by atoms with Gasteiger partial charge in [-0.3, -0.25) is 9.59 Å². The predicted molar refractivity (Wildman–Crippen MR) is 87.7 cm³/mol. The number of nitrogens with one attached hydrogen (secondary N) is 1. The molecule has 1 aromatic heterocycles. The van der Waals surface area contributed by atoms with Gasteiger partial charge in [-0.05, 0) is 37.1 Å². The molecule has 1 unspecified atom stereocenters. The maximum Gasteiger partial charge on any atom is 0.279 e. The first-order valence-electron chi connectivity index (χ1n) is 7.07. The van der Waals surface area contributed by atoms with Crippen molar-refractivity contribution in [2.75, 3.05) is 6.54 Å². The number of aryl methyl sites for hydroxylation is 2. The van der Waals surface area contributed by atoms with E-state index in [-0.39, 0.29) is 12.1 Å². The predicted octanol–water partition coefficient (Wildman–Crippen LogP) is 1.51. The quantitative estimate of drug-likeness (QED) is 0.887. The molecular weight excluding hydrogens is 318 g/mol. The molecule has 0 aliphatic heterocycles. The number of halogens is 1. The number of rotatable bonds is 4. The molecule has 0 aliphatic carbocycles. The lowest BCUT2D eigenvalue weighted by Gasteiger charge is -2.14. The van der Waals surface area contributed by atoms with Crippen molar-refractivity contribution in [1.82, 2.24) is 15.1 Å². The van der Waals surface area contributed by atoms with E-state index in [9.17, 15) is 14.7 Å². The molecule has 23 heavy (non-hydrogen) atoms. The fourth-order valence-corrected chi connectivity index (χ4v) is 2.32. The normalized spacial score (nSPS) is 12.0. The average molecular weight is 336 g/mol. The Labute approximate surface area is 138 Å². The van der Waals surface area contributed by atoms with Crippen molar-refractivity contribution in [2.24, 2.45) is 7.05 Å². The first-order chi connectivity index (χ1) is 10.8. The molecule has 0 saturated carbocycles. The average Bonchev–Trinajstić information content (AvgIpc) is 2.51. The van der Waals surface area contributed by atoms with E-state index in [4.69, 9.17) is 11.6 Å². The van der Waals surface area contributed by atoms with Crippen LogP contribution in [0.4, 0.5) is 0 Å². The fraction of sp³-hybridized carbons (Fsp3) is 0.312. The zero-order valence-electron chi connectivity index (χ0n) is 13.1. The molecule has 0 saturated heterocycles. The molecular formula is C16H18ClN3O3. The van der Waals surface area contributed by atoms with E-state index in [1.54, 1.807) is 38.1 Å². The zero-order valence-corrected chi connectivity index (χ0v) is 13.9. The van der Waals surface area contributed by atoms with E-state index < -0.39 is 17.6 Å². The van der Waals surface area contributed by atoms with Gasteiger partial charge in [0.05, 0.1) is 11.8 Å². The summed E-state index contributed by atoms with van der Waals surface area (Å²) in [6.45, 7) is 3.40. The summed E-state index contributed by atoms with van der Waals surface area (Å²) < 4.78 is 1.13. The fourth-order valence-electron chi connectivity index (χ4n) is 2.20. The number of aliphatic hydroxyl groups is 1. The number of hydrogen-bond donors (Lipinski definition) is 2. The van der Waals surface area contributed by atoms with E-state index in [0.29, 0.717) is 21.8 Å². The minimum Gasteiger partial charge on any atom is -0.387 e. The molecule has 2 aromatic rings. The van der Waals surface area contributed by atoms with E-state index in [1.807, 2.05) is 0 Å². The first kappa shape index (κ1) is 17.2. The highest BCUT2D eigenvalue weighted by Crippen LogP contribution is 2.16. The monoisotopic (exact) mass is 335 g/mol. The number of benzene rings is 1. The van der Waals surface area contributed by atoms with Crippen LogP contribution in [0.3, 0.4) is 0 Å². The van der Waals surface area contributed by atoms with Crippen LogP contribution in [0.1, 0.15) is 33.3 Å². The molecule has 0 aliphatic rings. The smallest absolute Gasteiger partial charge is 0.279 e. The topological polar surface area (TPSA) is 84.2 Å². The molecule has 0 radical (unpaired) electrons. The highest BCUT2D eigenvalue weighted by atomic mass is 35.5. The number of amides is 1. The molecule has 0 bridgehead atoms. The van der Waals surface area contributed by atoms with Gasteiger partial charge in [-0.1, -0.05) is 23.7 Å². The molecule has 0 fully saturated rings. The van der Waals surface area contributed by atoms with Gasteiger partial charge >= 0.3 is 0 Å². The van der Waals surface area contributed by atoms with Crippen LogP contribution >= 0.6 is 11.6 Å². The van der Waals surface area contributed by atoms with Crippen LogP contribution in [-0.4, -0.2) is 27.3 Å². The van der Waals surface area contributed by atoms with Gasteiger partial charge in [0, 0.05) is 18.6 Å². The van der Waals surface area contributed by atoms with Gasteiger partial charge in [-0.15, -0.1) is 0 Å². The van der Waals surface area contributed by atoms with Crippen molar-refractivity contribution in [2.45, 2.75) is 20.0 Å². The summed E-state index contributed by atoms with van der Waals surface area (Å²) in [4.78, 5) is 24.4. The zero-order chi connectivity index (χ0) is 17.1. The van der Waals surface area contributed by atoms with Crippen LogP contribution in [-0.2, 0) is 7.05 Å². The second-order valence-corrected chi connectivity index (χ2v) is 5.73. The lowest BCUT2D eigenvalue weighted by Crippen LogP contribution is -2.36. The van der Waals surface area contributed by atoms with Gasteiger partial charge in [-0.25, -0.2) is 4.68 Å². The van der Waals surface area contributed by atoms with Crippen LogP contribution in [0.25, 0.3) is 0 Å². The molecule has 2 N–H and O–H groups in total. The third kappa shape index (κ3) is 3.78. The Morgan fingerprint density at radius 3 is 2.57 bits per heavy atom. The minimum absolute atomic E-state index is 0.00949. The second-order valence-electron chi connectivity index (χ2n) is 5.29. The van der Waals surface area contributed by atoms with Crippen molar-refractivity contribution < 1.29 is 9.90 Å². The number of carbonyl (C=O) groups excluding carboxylic acids is 1. The van der Waals surface area contributed by atoms with Gasteiger partial charge in [-0.2, -0.15) is 5.10 Å². The molecule has 122 valence electrons. The number of aromatic nitrogens is 2. The van der Waals surface area contributed by atoms with Gasteiger partial charge in [0.15, 0.2) is 0 Å². The Hall–Kier alpha value is -2.18. The summed E-state index contributed by atoms with van der Waals surface area (Å²) in [5.41, 5.74) is 1.35. The standard InChI is InChI=1S/C16H18ClN3O3/c1-9-10(2)19-20(3)16(23)14(9)15(22)18-8-13(21)11-4-6-12(17)7-5-11/h4-7,13,21H,8H2,1-3H3,(H,18,22). The molecule has 1 amide bonds. The molecule has 0 spiro atoms. The number of hydrogen-bond acceptors (Lipinski definition) is 4. The molecule has 1 aromatic carbocycles. The van der Waals surface area contributed by atoms with Gasteiger partial charge in [0.2, 0.25) is 0 Å². The van der Waals surface area contributed by atoms with Crippen LogP contribution in [0, 0.1) is 13.8 Å². The lowest BCUT2D eigenvalue weighted by molar-refractivity contribution is 0.0913. The Morgan fingerprint density at radius 2 is 1.96 bits per heavy atom. The SMILES string of the molecule is Cc1nn(C)c(=O)c(C(=O)NCC(O)c2ccc(Cl)cc2)c1C. The van der Waals surface area contributed by atoms with Crippen LogP contribution < -0.4 is 10.9 Å². The number of carbonyl (C=O) groups is 1. The minimum atomic E-state index is -0.886. The summed E-state index contributed by atoms with van der Waals surface area (Å²) in [7, 11) is 1.49. The third-order valence-electron chi connectivity index (χ3n) is 3.66. The molecule has 7 heteroatoms. The second kappa shape index (κ2) is 6.93. The van der Waals surface area contributed by atoms with E-state index in [2.05, 4.69) is 10.4 Å². The molecule has 1 atom stereocenters. The third-order valence-corrected chi connectivity index (χ3v) is 3.92. The Kier molecular flexibility index (Phi) is 5.18. The van der Waals surface area contributed by atoms with Gasteiger partial charge in [0.25, 0.3) is 11.5 Å². The maximum absolute atomic E-state index is 12.3.